The molecular weight excluding hydrogens is 452 g/mol. The first-order valence-corrected chi connectivity index (χ1v) is 10.00. The summed E-state index contributed by atoms with van der Waals surface area (Å²) in [5.41, 5.74) is -1.96. The Balaban J connectivity index is 1.67. The van der Waals surface area contributed by atoms with Gasteiger partial charge in [-0.2, -0.15) is 17.5 Å². The molecular formula is C21H18F4N2O4S. The van der Waals surface area contributed by atoms with Crippen LogP contribution in [0.5, 0.6) is 11.5 Å². The van der Waals surface area contributed by atoms with E-state index in [1.807, 2.05) is 0 Å². The fraction of sp³-hybridized carbons (Fsp3) is 0.286. The molecule has 0 amide bonds. The lowest BCUT2D eigenvalue weighted by Crippen LogP contribution is -2.38. The van der Waals surface area contributed by atoms with E-state index >= 15 is 0 Å². The molecule has 1 aromatic heterocycles. The zero-order chi connectivity index (χ0) is 23.7. The van der Waals surface area contributed by atoms with Crippen molar-refractivity contribution in [3.8, 4) is 22.9 Å². The highest BCUT2D eigenvalue weighted by atomic mass is 32.1. The highest BCUT2D eigenvalue weighted by Crippen LogP contribution is 2.33. The third-order valence-corrected chi connectivity index (χ3v) is 5.07. The summed E-state index contributed by atoms with van der Waals surface area (Å²) in [5.74, 6) is -1.53. The number of nitrogens with zero attached hydrogens (tertiary/aromatic N) is 2. The number of carboxylic acids is 1. The van der Waals surface area contributed by atoms with E-state index in [2.05, 4.69) is 9.36 Å². The molecule has 3 aromatic rings. The number of carbonyl (C=O) groups is 1. The minimum absolute atomic E-state index is 0.0288. The number of alkyl halides is 3. The second-order valence-corrected chi connectivity index (χ2v) is 8.17. The number of ether oxygens (including phenoxy) is 2. The van der Waals surface area contributed by atoms with Crippen molar-refractivity contribution in [2.75, 3.05) is 0 Å². The summed E-state index contributed by atoms with van der Waals surface area (Å²) < 4.78 is 67.1. The fourth-order valence-corrected chi connectivity index (χ4v) is 3.18. The number of aryl methyl sites for hydroxylation is 1. The highest BCUT2D eigenvalue weighted by Gasteiger charge is 2.34. The molecule has 1 heterocycles. The molecule has 0 aliphatic carbocycles. The van der Waals surface area contributed by atoms with Crippen LogP contribution < -0.4 is 9.47 Å². The predicted octanol–water partition coefficient (Wildman–Crippen LogP) is 5.49. The van der Waals surface area contributed by atoms with Gasteiger partial charge in [-0.3, -0.25) is 0 Å². The van der Waals surface area contributed by atoms with Gasteiger partial charge < -0.3 is 14.6 Å². The maximum absolute atomic E-state index is 13.8. The van der Waals surface area contributed by atoms with Gasteiger partial charge in [-0.15, -0.1) is 0 Å². The van der Waals surface area contributed by atoms with E-state index in [-0.39, 0.29) is 18.0 Å². The van der Waals surface area contributed by atoms with Crippen molar-refractivity contribution in [2.45, 2.75) is 39.2 Å². The molecule has 2 aromatic carbocycles. The van der Waals surface area contributed by atoms with Crippen LogP contribution >= 0.6 is 11.5 Å². The Kier molecular flexibility index (Phi) is 6.40. The maximum Gasteiger partial charge on any atom is 0.419 e. The standard InChI is InChI=1S/C21H18F4N2O4S/c1-11-8-13(5-7-16(11)31-20(2,3)19(28)29)30-10-17-26-18(27-32-17)12-4-6-14(15(22)9-12)21(23,24)25/h4-9H,10H2,1-3H3,(H,28,29). The van der Waals surface area contributed by atoms with Crippen LogP contribution in [0.25, 0.3) is 11.4 Å². The average molecular weight is 470 g/mol. The van der Waals surface area contributed by atoms with E-state index in [0.717, 1.165) is 23.7 Å². The van der Waals surface area contributed by atoms with E-state index in [1.54, 1.807) is 25.1 Å². The van der Waals surface area contributed by atoms with Gasteiger partial charge >= 0.3 is 12.1 Å². The van der Waals surface area contributed by atoms with Crippen molar-refractivity contribution in [3.05, 3.63) is 58.3 Å². The molecule has 0 aliphatic heterocycles. The topological polar surface area (TPSA) is 81.5 Å². The zero-order valence-electron chi connectivity index (χ0n) is 17.2. The molecule has 3 rings (SSSR count). The summed E-state index contributed by atoms with van der Waals surface area (Å²) in [4.78, 5) is 15.4. The summed E-state index contributed by atoms with van der Waals surface area (Å²) in [5, 5.41) is 9.61. The Hall–Kier alpha value is -3.21. The number of aromatic nitrogens is 2. The smallest absolute Gasteiger partial charge is 0.419 e. The molecule has 11 heteroatoms. The van der Waals surface area contributed by atoms with Crippen LogP contribution in [0.3, 0.4) is 0 Å². The minimum Gasteiger partial charge on any atom is -0.486 e. The fourth-order valence-electron chi connectivity index (χ4n) is 2.60. The lowest BCUT2D eigenvalue weighted by atomic mass is 10.1. The summed E-state index contributed by atoms with van der Waals surface area (Å²) in [7, 11) is 0. The quantitative estimate of drug-likeness (QED) is 0.460. The molecule has 0 radical (unpaired) electrons. The third-order valence-electron chi connectivity index (χ3n) is 4.39. The van der Waals surface area contributed by atoms with Crippen LogP contribution in [0.4, 0.5) is 17.6 Å². The predicted molar refractivity (Wildman–Crippen MR) is 108 cm³/mol. The molecule has 0 unspecified atom stereocenters. The Labute approximate surface area is 184 Å². The first kappa shape index (κ1) is 23.5. The lowest BCUT2D eigenvalue weighted by Gasteiger charge is -2.23. The number of hydrogen-bond donors (Lipinski definition) is 1. The number of benzene rings is 2. The van der Waals surface area contributed by atoms with Crippen molar-refractivity contribution in [3.63, 3.8) is 0 Å². The monoisotopic (exact) mass is 470 g/mol. The van der Waals surface area contributed by atoms with Gasteiger partial charge in [-0.05, 0) is 68.2 Å². The number of rotatable bonds is 7. The number of carboxylic acid groups (broad SMARTS) is 1. The van der Waals surface area contributed by atoms with Gasteiger partial charge in [-0.1, -0.05) is 6.07 Å². The van der Waals surface area contributed by atoms with Gasteiger partial charge in [0, 0.05) is 5.56 Å². The van der Waals surface area contributed by atoms with E-state index in [9.17, 15) is 27.5 Å². The van der Waals surface area contributed by atoms with Crippen molar-refractivity contribution >= 4 is 17.5 Å². The van der Waals surface area contributed by atoms with Gasteiger partial charge in [0.15, 0.2) is 16.4 Å². The van der Waals surface area contributed by atoms with E-state index in [1.165, 1.54) is 13.8 Å². The third kappa shape index (κ3) is 5.34. The Bertz CT molecular complexity index is 1150. The van der Waals surface area contributed by atoms with Crippen LogP contribution in [0, 0.1) is 12.7 Å². The van der Waals surface area contributed by atoms with Crippen LogP contribution in [0.15, 0.2) is 36.4 Å². The van der Waals surface area contributed by atoms with Crippen molar-refractivity contribution in [1.29, 1.82) is 0 Å². The van der Waals surface area contributed by atoms with Crippen LogP contribution in [-0.2, 0) is 17.6 Å². The molecule has 0 bridgehead atoms. The van der Waals surface area contributed by atoms with Crippen molar-refractivity contribution in [1.82, 2.24) is 9.36 Å². The Morgan fingerprint density at radius 3 is 2.47 bits per heavy atom. The number of aliphatic carboxylic acids is 1. The van der Waals surface area contributed by atoms with Gasteiger partial charge in [0.25, 0.3) is 0 Å². The second kappa shape index (κ2) is 8.73. The van der Waals surface area contributed by atoms with E-state index in [0.29, 0.717) is 28.1 Å². The molecule has 170 valence electrons. The van der Waals surface area contributed by atoms with Gasteiger partial charge in [-0.25, -0.2) is 14.2 Å². The van der Waals surface area contributed by atoms with Crippen LogP contribution in [0.2, 0.25) is 0 Å². The van der Waals surface area contributed by atoms with Crippen molar-refractivity contribution < 1.29 is 36.9 Å². The minimum atomic E-state index is -4.78. The molecule has 0 fully saturated rings. The SMILES string of the molecule is Cc1cc(OCc2nc(-c3ccc(C(F)(F)F)c(F)c3)ns2)ccc1OC(C)(C)C(=O)O. The molecule has 6 nitrogen and oxygen atoms in total. The van der Waals surface area contributed by atoms with Gasteiger partial charge in [0.1, 0.15) is 23.9 Å². The molecule has 0 saturated heterocycles. The Morgan fingerprint density at radius 2 is 1.88 bits per heavy atom. The average Bonchev–Trinajstić information content (AvgIpc) is 3.16. The van der Waals surface area contributed by atoms with Crippen molar-refractivity contribution in [2.24, 2.45) is 0 Å². The largest absolute Gasteiger partial charge is 0.486 e. The molecule has 0 atom stereocenters. The highest BCUT2D eigenvalue weighted by molar-refractivity contribution is 7.05. The summed E-state index contributed by atoms with van der Waals surface area (Å²) in [6.07, 6.45) is -4.78. The first-order chi connectivity index (χ1) is 14.9. The normalized spacial score (nSPS) is 12.0. The zero-order valence-corrected chi connectivity index (χ0v) is 18.0. The summed E-state index contributed by atoms with van der Waals surface area (Å²) in [6, 6.07) is 7.37. The molecule has 32 heavy (non-hydrogen) atoms. The lowest BCUT2D eigenvalue weighted by molar-refractivity contribution is -0.152. The van der Waals surface area contributed by atoms with Crippen LogP contribution in [-0.4, -0.2) is 26.0 Å². The molecule has 1 N–H and O–H groups in total. The number of hydrogen-bond acceptors (Lipinski definition) is 6. The first-order valence-electron chi connectivity index (χ1n) is 9.22. The Morgan fingerprint density at radius 1 is 1.16 bits per heavy atom. The van der Waals surface area contributed by atoms with E-state index in [4.69, 9.17) is 9.47 Å². The molecule has 0 spiro atoms. The van der Waals surface area contributed by atoms with Gasteiger partial charge in [0.2, 0.25) is 0 Å². The van der Waals surface area contributed by atoms with E-state index < -0.39 is 29.1 Å². The number of halogens is 4. The summed E-state index contributed by atoms with van der Waals surface area (Å²) in [6.45, 7) is 4.65. The molecule has 0 saturated carbocycles. The maximum atomic E-state index is 13.8. The second-order valence-electron chi connectivity index (χ2n) is 7.34. The summed E-state index contributed by atoms with van der Waals surface area (Å²) >= 11 is 0.977. The molecule has 0 aliphatic rings. The van der Waals surface area contributed by atoms with Gasteiger partial charge in [0.05, 0.1) is 5.56 Å². The van der Waals surface area contributed by atoms with Crippen LogP contribution in [0.1, 0.15) is 30.0 Å².